The SMILES string of the molecule is Nc1ccc(S(=O)(=O)CCN2CCCC2)c(F)c1. The Morgan fingerprint density at radius 1 is 1.28 bits per heavy atom. The molecule has 6 heteroatoms. The highest BCUT2D eigenvalue weighted by atomic mass is 32.2. The quantitative estimate of drug-likeness (QED) is 0.839. The van der Waals surface area contributed by atoms with Crippen LogP contribution in [0.3, 0.4) is 0 Å². The Kier molecular flexibility index (Phi) is 3.87. The summed E-state index contributed by atoms with van der Waals surface area (Å²) in [6.45, 7) is 2.33. The maximum atomic E-state index is 13.6. The van der Waals surface area contributed by atoms with Gasteiger partial charge in [-0.15, -0.1) is 0 Å². The first-order valence-corrected chi connectivity index (χ1v) is 7.64. The zero-order valence-electron chi connectivity index (χ0n) is 10.1. The normalized spacial score (nSPS) is 17.2. The third kappa shape index (κ3) is 3.00. The average Bonchev–Trinajstić information content (AvgIpc) is 2.78. The monoisotopic (exact) mass is 272 g/mol. The molecule has 2 rings (SSSR count). The van der Waals surface area contributed by atoms with Crippen molar-refractivity contribution in [3.8, 4) is 0 Å². The number of hydrogen-bond acceptors (Lipinski definition) is 4. The molecule has 18 heavy (non-hydrogen) atoms. The van der Waals surface area contributed by atoms with Gasteiger partial charge in [-0.1, -0.05) is 0 Å². The van der Waals surface area contributed by atoms with E-state index in [-0.39, 0.29) is 16.3 Å². The fourth-order valence-corrected chi connectivity index (χ4v) is 3.48. The van der Waals surface area contributed by atoms with Gasteiger partial charge in [0.15, 0.2) is 9.84 Å². The molecule has 0 atom stereocenters. The van der Waals surface area contributed by atoms with Crippen LogP contribution in [0.15, 0.2) is 23.1 Å². The minimum atomic E-state index is -3.57. The van der Waals surface area contributed by atoms with Gasteiger partial charge in [0, 0.05) is 12.2 Å². The van der Waals surface area contributed by atoms with Gasteiger partial charge in [-0.2, -0.15) is 0 Å². The lowest BCUT2D eigenvalue weighted by atomic mass is 10.3. The molecule has 4 nitrogen and oxygen atoms in total. The number of halogens is 1. The van der Waals surface area contributed by atoms with Crippen molar-refractivity contribution in [3.63, 3.8) is 0 Å². The fourth-order valence-electron chi connectivity index (χ4n) is 2.13. The van der Waals surface area contributed by atoms with Crippen LogP contribution in [-0.4, -0.2) is 38.7 Å². The van der Waals surface area contributed by atoms with Gasteiger partial charge >= 0.3 is 0 Å². The van der Waals surface area contributed by atoms with Crippen LogP contribution in [0.1, 0.15) is 12.8 Å². The van der Waals surface area contributed by atoms with E-state index in [4.69, 9.17) is 5.73 Å². The largest absolute Gasteiger partial charge is 0.399 e. The molecule has 1 fully saturated rings. The zero-order chi connectivity index (χ0) is 13.2. The van der Waals surface area contributed by atoms with Crippen molar-refractivity contribution in [1.29, 1.82) is 0 Å². The van der Waals surface area contributed by atoms with Crippen LogP contribution >= 0.6 is 0 Å². The van der Waals surface area contributed by atoms with Crippen LogP contribution in [-0.2, 0) is 9.84 Å². The van der Waals surface area contributed by atoms with Crippen LogP contribution in [0.25, 0.3) is 0 Å². The van der Waals surface area contributed by atoms with Crippen molar-refractivity contribution >= 4 is 15.5 Å². The van der Waals surface area contributed by atoms with Gasteiger partial charge < -0.3 is 10.6 Å². The molecule has 1 aromatic carbocycles. The molecule has 0 radical (unpaired) electrons. The predicted octanol–water partition coefficient (Wildman–Crippen LogP) is 1.28. The van der Waals surface area contributed by atoms with E-state index in [1.807, 2.05) is 0 Å². The molecule has 1 aromatic rings. The number of likely N-dealkylation sites (tertiary alicyclic amines) is 1. The van der Waals surface area contributed by atoms with Crippen LogP contribution in [0, 0.1) is 5.82 Å². The maximum Gasteiger partial charge on any atom is 0.182 e. The van der Waals surface area contributed by atoms with Gasteiger partial charge in [-0.05, 0) is 44.1 Å². The number of sulfone groups is 1. The van der Waals surface area contributed by atoms with Crippen molar-refractivity contribution in [1.82, 2.24) is 4.90 Å². The Morgan fingerprint density at radius 2 is 1.94 bits per heavy atom. The highest BCUT2D eigenvalue weighted by Gasteiger charge is 2.21. The molecule has 0 spiro atoms. The van der Waals surface area contributed by atoms with Gasteiger partial charge in [0.2, 0.25) is 0 Å². The molecule has 0 bridgehead atoms. The Labute approximate surface area is 107 Å². The lowest BCUT2D eigenvalue weighted by Crippen LogP contribution is -2.26. The minimum absolute atomic E-state index is 0.0478. The highest BCUT2D eigenvalue weighted by molar-refractivity contribution is 7.91. The first kappa shape index (κ1) is 13.3. The Hall–Kier alpha value is -1.14. The van der Waals surface area contributed by atoms with E-state index in [1.54, 1.807) is 0 Å². The Bertz CT molecular complexity index is 525. The van der Waals surface area contributed by atoms with Crippen LogP contribution < -0.4 is 5.73 Å². The summed E-state index contributed by atoms with van der Waals surface area (Å²) in [5, 5.41) is 0. The summed E-state index contributed by atoms with van der Waals surface area (Å²) in [6, 6.07) is 3.69. The summed E-state index contributed by atoms with van der Waals surface area (Å²) in [5.41, 5.74) is 5.63. The topological polar surface area (TPSA) is 63.4 Å². The van der Waals surface area contributed by atoms with Gasteiger partial charge in [0.1, 0.15) is 10.7 Å². The maximum absolute atomic E-state index is 13.6. The van der Waals surface area contributed by atoms with E-state index in [0.29, 0.717) is 6.54 Å². The molecule has 100 valence electrons. The number of hydrogen-bond donors (Lipinski definition) is 1. The third-order valence-corrected chi connectivity index (χ3v) is 4.89. The fraction of sp³-hybridized carbons (Fsp3) is 0.500. The molecule has 1 aliphatic rings. The second kappa shape index (κ2) is 5.24. The van der Waals surface area contributed by atoms with Crippen LogP contribution in [0.4, 0.5) is 10.1 Å². The van der Waals surface area contributed by atoms with E-state index in [9.17, 15) is 12.8 Å². The van der Waals surface area contributed by atoms with E-state index in [1.165, 1.54) is 12.1 Å². The second-order valence-electron chi connectivity index (χ2n) is 4.56. The third-order valence-electron chi connectivity index (χ3n) is 3.17. The number of benzene rings is 1. The first-order valence-electron chi connectivity index (χ1n) is 5.99. The molecule has 2 N–H and O–H groups in total. The van der Waals surface area contributed by atoms with Crippen molar-refractivity contribution < 1.29 is 12.8 Å². The Morgan fingerprint density at radius 3 is 2.56 bits per heavy atom. The average molecular weight is 272 g/mol. The van der Waals surface area contributed by atoms with Crippen molar-refractivity contribution in [2.75, 3.05) is 31.1 Å². The molecular formula is C12H17FN2O2S. The lowest BCUT2D eigenvalue weighted by molar-refractivity contribution is 0.359. The number of anilines is 1. The summed E-state index contributed by atoms with van der Waals surface area (Å²) in [4.78, 5) is 1.84. The smallest absolute Gasteiger partial charge is 0.182 e. The van der Waals surface area contributed by atoms with Crippen LogP contribution in [0.5, 0.6) is 0 Å². The summed E-state index contributed by atoms with van der Waals surface area (Å²) >= 11 is 0. The first-order chi connectivity index (χ1) is 8.49. The molecule has 0 aromatic heterocycles. The van der Waals surface area contributed by atoms with E-state index < -0.39 is 15.7 Å². The number of nitrogen functional groups attached to an aromatic ring is 1. The minimum Gasteiger partial charge on any atom is -0.399 e. The lowest BCUT2D eigenvalue weighted by Gasteiger charge is -2.14. The van der Waals surface area contributed by atoms with E-state index >= 15 is 0 Å². The summed E-state index contributed by atoms with van der Waals surface area (Å²) in [7, 11) is -3.57. The number of nitrogens with two attached hydrogens (primary N) is 1. The molecule has 1 heterocycles. The van der Waals surface area contributed by atoms with Gasteiger partial charge in [0.05, 0.1) is 5.75 Å². The van der Waals surface area contributed by atoms with Gasteiger partial charge in [-0.3, -0.25) is 0 Å². The zero-order valence-corrected chi connectivity index (χ0v) is 10.9. The van der Waals surface area contributed by atoms with E-state index in [2.05, 4.69) is 4.90 Å². The van der Waals surface area contributed by atoms with E-state index in [0.717, 1.165) is 32.0 Å². The van der Waals surface area contributed by atoms with Crippen molar-refractivity contribution in [2.24, 2.45) is 0 Å². The molecule has 0 unspecified atom stereocenters. The van der Waals surface area contributed by atoms with Gasteiger partial charge in [0.25, 0.3) is 0 Å². The molecule has 0 saturated carbocycles. The van der Waals surface area contributed by atoms with Crippen molar-refractivity contribution in [3.05, 3.63) is 24.0 Å². The number of rotatable bonds is 4. The molecular weight excluding hydrogens is 255 g/mol. The molecule has 1 aliphatic heterocycles. The standard InChI is InChI=1S/C12H17FN2O2S/c13-11-9-10(14)3-4-12(11)18(16,17)8-7-15-5-1-2-6-15/h3-4,9H,1-2,5-8,14H2. The molecule has 0 amide bonds. The van der Waals surface area contributed by atoms with Crippen molar-refractivity contribution in [2.45, 2.75) is 17.7 Å². The summed E-state index contributed by atoms with van der Waals surface area (Å²) < 4.78 is 37.6. The summed E-state index contributed by atoms with van der Waals surface area (Å²) in [5.74, 6) is -0.815. The number of nitrogens with zero attached hydrogens (tertiary/aromatic N) is 1. The highest BCUT2D eigenvalue weighted by Crippen LogP contribution is 2.19. The Balaban J connectivity index is 2.09. The molecule has 0 aliphatic carbocycles. The second-order valence-corrected chi connectivity index (χ2v) is 6.64. The summed E-state index contributed by atoms with van der Waals surface area (Å²) in [6.07, 6.45) is 2.21. The molecule has 1 saturated heterocycles. The van der Waals surface area contributed by atoms with Gasteiger partial charge in [-0.25, -0.2) is 12.8 Å². The van der Waals surface area contributed by atoms with Crippen LogP contribution in [0.2, 0.25) is 0 Å². The predicted molar refractivity (Wildman–Crippen MR) is 68.5 cm³/mol.